The molecule has 0 atom stereocenters. The van der Waals surface area contributed by atoms with Crippen LogP contribution in [0.15, 0.2) is 23.6 Å². The van der Waals surface area contributed by atoms with Crippen molar-refractivity contribution in [1.82, 2.24) is 24.5 Å². The zero-order valence-electron chi connectivity index (χ0n) is 11.1. The Morgan fingerprint density at radius 2 is 2.30 bits per heavy atom. The van der Waals surface area contributed by atoms with Gasteiger partial charge in [-0.1, -0.05) is 16.6 Å². The van der Waals surface area contributed by atoms with E-state index in [9.17, 15) is 4.79 Å². The van der Waals surface area contributed by atoms with E-state index in [0.29, 0.717) is 12.2 Å². The SMILES string of the molecule is Cc1cccc2nc(CNC(=O)c3csnn3)n(C)c12. The summed E-state index contributed by atoms with van der Waals surface area (Å²) in [6, 6.07) is 6.00. The molecule has 0 unspecified atom stereocenters. The molecular formula is C13H13N5OS. The van der Waals surface area contributed by atoms with Gasteiger partial charge < -0.3 is 9.88 Å². The van der Waals surface area contributed by atoms with Crippen LogP contribution >= 0.6 is 11.5 Å². The molecule has 2 heterocycles. The second-order valence-electron chi connectivity index (χ2n) is 4.50. The van der Waals surface area contributed by atoms with Crippen molar-refractivity contribution in [2.45, 2.75) is 13.5 Å². The first-order valence-corrected chi connectivity index (χ1v) is 6.96. The average molecular weight is 287 g/mol. The fourth-order valence-corrected chi connectivity index (χ4v) is 2.62. The molecule has 3 rings (SSSR count). The number of imidazole rings is 1. The van der Waals surface area contributed by atoms with Gasteiger partial charge in [-0.15, -0.1) is 5.10 Å². The molecule has 0 bridgehead atoms. The third-order valence-corrected chi connectivity index (χ3v) is 3.69. The molecule has 1 amide bonds. The molecule has 2 aromatic heterocycles. The van der Waals surface area contributed by atoms with Gasteiger partial charge in [-0.05, 0) is 30.1 Å². The lowest BCUT2D eigenvalue weighted by Crippen LogP contribution is -2.24. The normalized spacial score (nSPS) is 10.9. The highest BCUT2D eigenvalue weighted by molar-refractivity contribution is 7.03. The summed E-state index contributed by atoms with van der Waals surface area (Å²) in [5.74, 6) is 0.577. The van der Waals surface area contributed by atoms with Crippen molar-refractivity contribution < 1.29 is 4.79 Å². The van der Waals surface area contributed by atoms with Crippen LogP contribution in [0.25, 0.3) is 11.0 Å². The Kier molecular flexibility index (Phi) is 3.19. The quantitative estimate of drug-likeness (QED) is 0.795. The van der Waals surface area contributed by atoms with Gasteiger partial charge >= 0.3 is 0 Å². The van der Waals surface area contributed by atoms with Crippen LogP contribution in [0.3, 0.4) is 0 Å². The lowest BCUT2D eigenvalue weighted by Gasteiger charge is -2.04. The number of amides is 1. The first-order chi connectivity index (χ1) is 9.66. The van der Waals surface area contributed by atoms with Crippen LogP contribution in [0, 0.1) is 6.92 Å². The molecule has 3 aromatic rings. The zero-order chi connectivity index (χ0) is 14.1. The van der Waals surface area contributed by atoms with E-state index < -0.39 is 0 Å². The summed E-state index contributed by atoms with van der Waals surface area (Å²) in [7, 11) is 1.95. The number of hydrogen-bond donors (Lipinski definition) is 1. The number of carbonyl (C=O) groups is 1. The summed E-state index contributed by atoms with van der Waals surface area (Å²) in [5, 5.41) is 8.16. The Balaban J connectivity index is 1.83. The first-order valence-electron chi connectivity index (χ1n) is 6.13. The summed E-state index contributed by atoms with van der Waals surface area (Å²) >= 11 is 1.16. The lowest BCUT2D eigenvalue weighted by atomic mass is 10.2. The molecule has 0 radical (unpaired) electrons. The number of hydrogen-bond acceptors (Lipinski definition) is 5. The van der Waals surface area contributed by atoms with E-state index in [4.69, 9.17) is 0 Å². The molecule has 7 heteroatoms. The number of carbonyl (C=O) groups excluding carboxylic acids is 1. The summed E-state index contributed by atoms with van der Waals surface area (Å²) in [6.45, 7) is 2.41. The molecule has 0 spiro atoms. The van der Waals surface area contributed by atoms with Gasteiger partial charge in [0.25, 0.3) is 5.91 Å². The van der Waals surface area contributed by atoms with Crippen LogP contribution in [0.2, 0.25) is 0 Å². The second kappa shape index (κ2) is 5.01. The van der Waals surface area contributed by atoms with E-state index in [1.165, 1.54) is 5.56 Å². The summed E-state index contributed by atoms with van der Waals surface area (Å²) in [6.07, 6.45) is 0. The lowest BCUT2D eigenvalue weighted by molar-refractivity contribution is 0.0944. The number of para-hydroxylation sites is 1. The number of benzene rings is 1. The van der Waals surface area contributed by atoms with Crippen molar-refractivity contribution in [1.29, 1.82) is 0 Å². The van der Waals surface area contributed by atoms with Crippen LogP contribution in [0.1, 0.15) is 21.9 Å². The Bertz CT molecular complexity index is 763. The van der Waals surface area contributed by atoms with Crippen LogP contribution in [0.5, 0.6) is 0 Å². The number of nitrogens with one attached hydrogen (secondary N) is 1. The largest absolute Gasteiger partial charge is 0.343 e. The number of aromatic nitrogens is 4. The fourth-order valence-electron chi connectivity index (χ4n) is 2.18. The van der Waals surface area contributed by atoms with Gasteiger partial charge in [0.1, 0.15) is 5.82 Å². The molecule has 0 aliphatic rings. The van der Waals surface area contributed by atoms with Gasteiger partial charge in [0.05, 0.1) is 17.6 Å². The highest BCUT2D eigenvalue weighted by Crippen LogP contribution is 2.18. The third-order valence-electron chi connectivity index (χ3n) is 3.19. The number of nitrogens with zero attached hydrogens (tertiary/aromatic N) is 4. The van der Waals surface area contributed by atoms with Crippen LogP contribution in [0.4, 0.5) is 0 Å². The Labute approximate surface area is 119 Å². The monoisotopic (exact) mass is 287 g/mol. The summed E-state index contributed by atoms with van der Waals surface area (Å²) < 4.78 is 5.68. The number of fused-ring (bicyclic) bond motifs is 1. The highest BCUT2D eigenvalue weighted by Gasteiger charge is 2.12. The van der Waals surface area contributed by atoms with Crippen LogP contribution in [-0.4, -0.2) is 25.0 Å². The second-order valence-corrected chi connectivity index (χ2v) is 5.11. The molecule has 6 nitrogen and oxygen atoms in total. The van der Waals surface area contributed by atoms with E-state index in [-0.39, 0.29) is 5.91 Å². The van der Waals surface area contributed by atoms with Crippen molar-refractivity contribution in [2.24, 2.45) is 7.05 Å². The molecule has 1 N–H and O–H groups in total. The molecule has 1 aromatic carbocycles. The first kappa shape index (κ1) is 12.7. The van der Waals surface area contributed by atoms with Gasteiger partial charge in [-0.25, -0.2) is 4.98 Å². The highest BCUT2D eigenvalue weighted by atomic mass is 32.1. The van der Waals surface area contributed by atoms with Crippen molar-refractivity contribution in [3.63, 3.8) is 0 Å². The Morgan fingerprint density at radius 1 is 1.45 bits per heavy atom. The van der Waals surface area contributed by atoms with Crippen LogP contribution < -0.4 is 5.32 Å². The van der Waals surface area contributed by atoms with Gasteiger partial charge in [0.2, 0.25) is 0 Å². The standard InChI is InChI=1S/C13H13N5OS/c1-8-4-3-5-9-12(8)18(2)11(15-9)6-14-13(19)10-7-20-17-16-10/h3-5,7H,6H2,1-2H3,(H,14,19). The molecule has 0 saturated heterocycles. The van der Waals surface area contributed by atoms with E-state index in [1.54, 1.807) is 5.38 Å². The minimum Gasteiger partial charge on any atom is -0.343 e. The maximum absolute atomic E-state index is 11.8. The molecule has 0 aliphatic heterocycles. The average Bonchev–Trinajstić information content (AvgIpc) is 3.05. The molecular weight excluding hydrogens is 274 g/mol. The minimum atomic E-state index is -0.234. The van der Waals surface area contributed by atoms with Crippen molar-refractivity contribution in [2.75, 3.05) is 0 Å². The molecule has 0 saturated carbocycles. The third kappa shape index (κ3) is 2.16. The number of rotatable bonds is 3. The summed E-state index contributed by atoms with van der Waals surface area (Å²) in [5.41, 5.74) is 3.53. The minimum absolute atomic E-state index is 0.234. The maximum Gasteiger partial charge on any atom is 0.273 e. The van der Waals surface area contributed by atoms with Crippen molar-refractivity contribution >= 4 is 28.5 Å². The predicted molar refractivity (Wildman–Crippen MR) is 76.5 cm³/mol. The van der Waals surface area contributed by atoms with Crippen molar-refractivity contribution in [3.05, 3.63) is 40.7 Å². The van der Waals surface area contributed by atoms with E-state index in [0.717, 1.165) is 28.4 Å². The molecule has 102 valence electrons. The topological polar surface area (TPSA) is 72.7 Å². The molecule has 0 fully saturated rings. The van der Waals surface area contributed by atoms with Gasteiger partial charge in [-0.2, -0.15) is 0 Å². The predicted octanol–water partition coefficient (Wildman–Crippen LogP) is 1.66. The van der Waals surface area contributed by atoms with E-state index >= 15 is 0 Å². The Morgan fingerprint density at radius 3 is 3.00 bits per heavy atom. The zero-order valence-corrected chi connectivity index (χ0v) is 11.9. The molecule has 20 heavy (non-hydrogen) atoms. The maximum atomic E-state index is 11.8. The van der Waals surface area contributed by atoms with Crippen LogP contribution in [-0.2, 0) is 13.6 Å². The number of aryl methyl sites for hydroxylation is 2. The summed E-state index contributed by atoms with van der Waals surface area (Å²) in [4.78, 5) is 16.4. The molecule has 0 aliphatic carbocycles. The van der Waals surface area contributed by atoms with Gasteiger partial charge in [0.15, 0.2) is 5.69 Å². The van der Waals surface area contributed by atoms with Gasteiger partial charge in [-0.3, -0.25) is 4.79 Å². The van der Waals surface area contributed by atoms with Crippen molar-refractivity contribution in [3.8, 4) is 0 Å². The van der Waals surface area contributed by atoms with Gasteiger partial charge in [0, 0.05) is 12.4 Å². The smallest absolute Gasteiger partial charge is 0.273 e. The fraction of sp³-hybridized carbons (Fsp3) is 0.231. The van der Waals surface area contributed by atoms with E-state index in [2.05, 4.69) is 19.9 Å². The Hall–Kier alpha value is -2.28. The van der Waals surface area contributed by atoms with E-state index in [1.807, 2.05) is 36.7 Å².